The van der Waals surface area contributed by atoms with Crippen molar-refractivity contribution < 1.29 is 13.7 Å². The molecule has 0 aliphatic carbocycles. The van der Waals surface area contributed by atoms with Crippen LogP contribution in [-0.4, -0.2) is 19.3 Å². The molecule has 1 aromatic heterocycles. The number of halogens is 1. The number of nitrogens with zero attached hydrogens (tertiary/aromatic N) is 1. The van der Waals surface area contributed by atoms with Gasteiger partial charge in [0.2, 0.25) is 0 Å². The first-order valence-electron chi connectivity index (χ1n) is 5.19. The zero-order valence-corrected chi connectivity index (χ0v) is 9.66. The van der Waals surface area contributed by atoms with Crippen molar-refractivity contribution in [2.24, 2.45) is 0 Å². The Labute approximate surface area is 98.4 Å². The van der Waals surface area contributed by atoms with Crippen LogP contribution in [-0.2, 0) is 6.54 Å². The van der Waals surface area contributed by atoms with Crippen molar-refractivity contribution in [2.45, 2.75) is 6.54 Å². The lowest BCUT2D eigenvalue weighted by atomic mass is 10.1. The zero-order chi connectivity index (χ0) is 12.3. The van der Waals surface area contributed by atoms with Gasteiger partial charge in [0.05, 0.1) is 18.4 Å². The van der Waals surface area contributed by atoms with Gasteiger partial charge < -0.3 is 14.6 Å². The van der Waals surface area contributed by atoms with Crippen molar-refractivity contribution in [1.29, 1.82) is 0 Å². The van der Waals surface area contributed by atoms with Crippen LogP contribution in [0.1, 0.15) is 5.69 Å². The van der Waals surface area contributed by atoms with Crippen molar-refractivity contribution in [1.82, 2.24) is 10.5 Å². The average molecular weight is 236 g/mol. The molecule has 17 heavy (non-hydrogen) atoms. The smallest absolute Gasteiger partial charge is 0.173 e. The second kappa shape index (κ2) is 4.97. The van der Waals surface area contributed by atoms with Crippen LogP contribution >= 0.6 is 0 Å². The van der Waals surface area contributed by atoms with Crippen LogP contribution < -0.4 is 10.1 Å². The molecule has 0 amide bonds. The summed E-state index contributed by atoms with van der Waals surface area (Å²) in [5.74, 6) is 0.402. The quantitative estimate of drug-likeness (QED) is 0.884. The summed E-state index contributed by atoms with van der Waals surface area (Å²) in [6, 6.07) is 6.32. The molecule has 1 aromatic carbocycles. The van der Waals surface area contributed by atoms with Crippen molar-refractivity contribution in [3.05, 3.63) is 35.8 Å². The van der Waals surface area contributed by atoms with E-state index in [0.717, 1.165) is 0 Å². The van der Waals surface area contributed by atoms with E-state index in [1.807, 2.05) is 0 Å². The number of hydrogen-bond acceptors (Lipinski definition) is 4. The molecule has 0 radical (unpaired) electrons. The molecule has 0 fully saturated rings. The molecule has 0 bridgehead atoms. The lowest BCUT2D eigenvalue weighted by Gasteiger charge is -2.05. The number of benzene rings is 1. The maximum Gasteiger partial charge on any atom is 0.173 e. The molecule has 0 saturated carbocycles. The Kier molecular flexibility index (Phi) is 3.39. The second-order valence-electron chi connectivity index (χ2n) is 3.53. The van der Waals surface area contributed by atoms with Gasteiger partial charge in [0.1, 0.15) is 11.6 Å². The van der Waals surface area contributed by atoms with Crippen LogP contribution in [0.4, 0.5) is 4.39 Å². The molecule has 0 atom stereocenters. The summed E-state index contributed by atoms with van der Waals surface area (Å²) in [6.45, 7) is 0.570. The molecular formula is C12H13FN2O2. The van der Waals surface area contributed by atoms with Gasteiger partial charge in [-0.15, -0.1) is 0 Å². The van der Waals surface area contributed by atoms with Gasteiger partial charge >= 0.3 is 0 Å². The third-order valence-electron chi connectivity index (χ3n) is 2.36. The molecular weight excluding hydrogens is 223 g/mol. The minimum Gasteiger partial charge on any atom is -0.496 e. The van der Waals surface area contributed by atoms with Gasteiger partial charge in [0.25, 0.3) is 0 Å². The Bertz CT molecular complexity index is 511. The lowest BCUT2D eigenvalue weighted by Crippen LogP contribution is -2.04. The normalized spacial score (nSPS) is 10.5. The van der Waals surface area contributed by atoms with Crippen LogP contribution in [0.15, 0.2) is 28.8 Å². The van der Waals surface area contributed by atoms with E-state index in [-0.39, 0.29) is 0 Å². The van der Waals surface area contributed by atoms with Crippen LogP contribution in [0, 0.1) is 5.82 Å². The van der Waals surface area contributed by atoms with E-state index in [2.05, 4.69) is 10.5 Å². The summed E-state index contributed by atoms with van der Waals surface area (Å²) < 4.78 is 24.0. The van der Waals surface area contributed by atoms with Crippen LogP contribution in [0.25, 0.3) is 11.3 Å². The molecule has 1 N–H and O–H groups in total. The van der Waals surface area contributed by atoms with E-state index in [9.17, 15) is 4.39 Å². The highest BCUT2D eigenvalue weighted by Gasteiger charge is 2.16. The molecule has 0 aliphatic rings. The first-order valence-corrected chi connectivity index (χ1v) is 5.19. The highest BCUT2D eigenvalue weighted by atomic mass is 19.1. The molecule has 5 heteroatoms. The van der Waals surface area contributed by atoms with Crippen LogP contribution in [0.2, 0.25) is 0 Å². The van der Waals surface area contributed by atoms with Gasteiger partial charge in [-0.2, -0.15) is 0 Å². The van der Waals surface area contributed by atoms with Gasteiger partial charge in [-0.25, -0.2) is 4.39 Å². The van der Waals surface area contributed by atoms with Crippen molar-refractivity contribution in [3.63, 3.8) is 0 Å². The fourth-order valence-corrected chi connectivity index (χ4v) is 1.61. The van der Waals surface area contributed by atoms with E-state index in [1.165, 1.54) is 13.2 Å². The molecule has 1 heterocycles. The predicted octanol–water partition coefficient (Wildman–Crippen LogP) is 2.21. The molecule has 4 nitrogen and oxygen atoms in total. The van der Waals surface area contributed by atoms with Gasteiger partial charge in [0, 0.05) is 12.6 Å². The van der Waals surface area contributed by atoms with Crippen LogP contribution in [0.3, 0.4) is 0 Å². The Hall–Kier alpha value is -1.88. The van der Waals surface area contributed by atoms with E-state index in [1.54, 1.807) is 25.2 Å². The first kappa shape index (κ1) is 11.6. The first-order chi connectivity index (χ1) is 8.26. The van der Waals surface area contributed by atoms with Gasteiger partial charge in [-0.1, -0.05) is 11.2 Å². The summed E-state index contributed by atoms with van der Waals surface area (Å²) in [5.41, 5.74) is 1.01. The standard InChI is InChI=1S/C12H13FN2O2/c1-14-7-8-6-11(17-15-8)12-9(13)4-3-5-10(12)16-2/h3-6,14H,7H2,1-2H3. The number of ether oxygens (including phenoxy) is 1. The lowest BCUT2D eigenvalue weighted by molar-refractivity contribution is 0.398. The topological polar surface area (TPSA) is 47.3 Å². The summed E-state index contributed by atoms with van der Waals surface area (Å²) in [4.78, 5) is 0. The van der Waals surface area contributed by atoms with Crippen molar-refractivity contribution >= 4 is 0 Å². The minimum absolute atomic E-state index is 0.296. The number of aromatic nitrogens is 1. The Morgan fingerprint density at radius 2 is 2.29 bits per heavy atom. The van der Waals surface area contributed by atoms with Crippen LogP contribution in [0.5, 0.6) is 5.75 Å². The summed E-state index contributed by atoms with van der Waals surface area (Å²) in [5, 5.41) is 6.78. The average Bonchev–Trinajstić information content (AvgIpc) is 2.77. The second-order valence-corrected chi connectivity index (χ2v) is 3.53. The predicted molar refractivity (Wildman–Crippen MR) is 61.2 cm³/mol. The highest BCUT2D eigenvalue weighted by Crippen LogP contribution is 2.32. The van der Waals surface area contributed by atoms with E-state index in [4.69, 9.17) is 9.26 Å². The van der Waals surface area contributed by atoms with Crippen molar-refractivity contribution in [2.75, 3.05) is 14.2 Å². The van der Waals surface area contributed by atoms with E-state index in [0.29, 0.717) is 29.3 Å². The number of nitrogens with one attached hydrogen (secondary N) is 1. The Balaban J connectivity index is 2.44. The largest absolute Gasteiger partial charge is 0.496 e. The Morgan fingerprint density at radius 1 is 1.47 bits per heavy atom. The molecule has 0 unspecified atom stereocenters. The van der Waals surface area contributed by atoms with Gasteiger partial charge in [0.15, 0.2) is 5.76 Å². The Morgan fingerprint density at radius 3 is 3.00 bits per heavy atom. The summed E-state index contributed by atoms with van der Waals surface area (Å²) >= 11 is 0. The summed E-state index contributed by atoms with van der Waals surface area (Å²) in [7, 11) is 3.29. The van der Waals surface area contributed by atoms with E-state index < -0.39 is 5.82 Å². The fourth-order valence-electron chi connectivity index (χ4n) is 1.61. The minimum atomic E-state index is -0.392. The number of hydrogen-bond donors (Lipinski definition) is 1. The number of methoxy groups -OCH3 is 1. The molecule has 0 saturated heterocycles. The summed E-state index contributed by atoms with van der Waals surface area (Å²) in [6.07, 6.45) is 0. The third kappa shape index (κ3) is 2.29. The SMILES string of the molecule is CNCc1cc(-c2c(F)cccc2OC)on1. The molecule has 0 spiro atoms. The molecule has 2 rings (SSSR count). The molecule has 2 aromatic rings. The monoisotopic (exact) mass is 236 g/mol. The maximum absolute atomic E-state index is 13.7. The van der Waals surface area contributed by atoms with Crippen molar-refractivity contribution in [3.8, 4) is 17.1 Å². The zero-order valence-electron chi connectivity index (χ0n) is 9.66. The van der Waals surface area contributed by atoms with Gasteiger partial charge in [-0.3, -0.25) is 0 Å². The molecule has 90 valence electrons. The third-order valence-corrected chi connectivity index (χ3v) is 2.36. The number of rotatable bonds is 4. The fraction of sp³-hybridized carbons (Fsp3) is 0.250. The van der Waals surface area contributed by atoms with Gasteiger partial charge in [-0.05, 0) is 19.2 Å². The maximum atomic E-state index is 13.7. The van der Waals surface area contributed by atoms with E-state index >= 15 is 0 Å². The highest BCUT2D eigenvalue weighted by molar-refractivity contribution is 5.66. The molecule has 0 aliphatic heterocycles.